The molecule has 3 N–H and O–H groups in total. The molecule has 0 fully saturated rings. The van der Waals surface area contributed by atoms with E-state index in [2.05, 4.69) is 16.2 Å². The van der Waals surface area contributed by atoms with Crippen molar-refractivity contribution in [2.24, 2.45) is 10.7 Å². The van der Waals surface area contributed by atoms with Gasteiger partial charge in [-0.1, -0.05) is 0 Å². The maximum Gasteiger partial charge on any atom is 0.189 e. The van der Waals surface area contributed by atoms with Gasteiger partial charge in [0.1, 0.15) is 0 Å². The summed E-state index contributed by atoms with van der Waals surface area (Å²) in [6.07, 6.45) is 8.03. The van der Waals surface area contributed by atoms with Gasteiger partial charge in [0.05, 0.1) is 6.04 Å². The molecule has 0 saturated carbocycles. The van der Waals surface area contributed by atoms with E-state index in [-0.39, 0.29) is 0 Å². The van der Waals surface area contributed by atoms with Gasteiger partial charge in [-0.25, -0.2) is 4.99 Å². The highest BCUT2D eigenvalue weighted by molar-refractivity contribution is 5.79. The van der Waals surface area contributed by atoms with Crippen LogP contribution in [0.3, 0.4) is 0 Å². The summed E-state index contributed by atoms with van der Waals surface area (Å²) in [5.41, 5.74) is 5.43. The molecule has 0 bridgehead atoms. The molecule has 0 radical (unpaired) electrons. The molecule has 0 amide bonds. The van der Waals surface area contributed by atoms with E-state index in [9.17, 15) is 0 Å². The number of guanidine groups is 1. The smallest absolute Gasteiger partial charge is 0.189 e. The molecule has 0 aliphatic carbocycles. The van der Waals surface area contributed by atoms with Crippen LogP contribution in [0.25, 0.3) is 0 Å². The van der Waals surface area contributed by atoms with Crippen molar-refractivity contribution in [1.29, 1.82) is 0 Å². The highest BCUT2D eigenvalue weighted by Crippen LogP contribution is 2.06. The zero-order valence-corrected chi connectivity index (χ0v) is 6.51. The normalized spacial score (nSPS) is 22.1. The molecule has 1 aliphatic heterocycles. The van der Waals surface area contributed by atoms with E-state index in [1.54, 1.807) is 0 Å². The van der Waals surface area contributed by atoms with Gasteiger partial charge in [-0.2, -0.15) is 0 Å². The Kier molecular flexibility index (Phi) is 2.79. The summed E-state index contributed by atoms with van der Waals surface area (Å²) in [7, 11) is 0. The Morgan fingerprint density at radius 1 is 1.82 bits per heavy atom. The predicted molar refractivity (Wildman–Crippen MR) is 46.1 cm³/mol. The number of rotatable bonds is 3. The molecule has 1 aliphatic rings. The van der Waals surface area contributed by atoms with Crippen LogP contribution in [0, 0.1) is 12.3 Å². The van der Waals surface area contributed by atoms with Crippen LogP contribution in [0.15, 0.2) is 4.99 Å². The quantitative estimate of drug-likeness (QED) is 0.443. The molecule has 0 saturated heterocycles. The number of hydrogen-bond donors (Lipinski definition) is 2. The molecule has 60 valence electrons. The number of aliphatic imine (C=N–C) groups is 1. The lowest BCUT2D eigenvalue weighted by atomic mass is 10.1. The number of terminal acetylenes is 1. The summed E-state index contributed by atoms with van der Waals surface area (Å²) in [5, 5.41) is 2.97. The van der Waals surface area contributed by atoms with Crippen molar-refractivity contribution in [3.63, 3.8) is 0 Å². The van der Waals surface area contributed by atoms with Gasteiger partial charge in [0, 0.05) is 13.0 Å². The fourth-order valence-corrected chi connectivity index (χ4v) is 1.12. The minimum Gasteiger partial charge on any atom is -0.370 e. The van der Waals surface area contributed by atoms with Crippen LogP contribution in [0.5, 0.6) is 0 Å². The summed E-state index contributed by atoms with van der Waals surface area (Å²) in [6.45, 7) is 0.871. The average molecular weight is 151 g/mol. The van der Waals surface area contributed by atoms with E-state index in [0.717, 1.165) is 25.8 Å². The minimum atomic E-state index is 0.350. The molecule has 11 heavy (non-hydrogen) atoms. The molecule has 1 rings (SSSR count). The van der Waals surface area contributed by atoms with E-state index >= 15 is 0 Å². The molecule has 1 atom stereocenters. The minimum absolute atomic E-state index is 0.350. The van der Waals surface area contributed by atoms with Crippen molar-refractivity contribution < 1.29 is 0 Å². The third kappa shape index (κ3) is 2.50. The van der Waals surface area contributed by atoms with Gasteiger partial charge < -0.3 is 11.1 Å². The van der Waals surface area contributed by atoms with Gasteiger partial charge in [0.15, 0.2) is 5.96 Å². The first-order chi connectivity index (χ1) is 5.33. The van der Waals surface area contributed by atoms with Crippen molar-refractivity contribution >= 4 is 5.96 Å². The van der Waals surface area contributed by atoms with Crippen LogP contribution in [-0.2, 0) is 0 Å². The lowest BCUT2D eigenvalue weighted by molar-refractivity contribution is 0.610. The third-order valence-electron chi connectivity index (χ3n) is 1.70. The number of nitrogens with two attached hydrogens (primary N) is 1. The number of nitrogens with zero attached hydrogens (tertiary/aromatic N) is 1. The Morgan fingerprint density at radius 3 is 3.18 bits per heavy atom. The zero-order valence-electron chi connectivity index (χ0n) is 6.51. The van der Waals surface area contributed by atoms with Gasteiger partial charge >= 0.3 is 0 Å². The second-order valence-corrected chi connectivity index (χ2v) is 2.65. The molecular weight excluding hydrogens is 138 g/mol. The van der Waals surface area contributed by atoms with E-state index in [1.807, 2.05) is 0 Å². The molecule has 1 heterocycles. The first-order valence-electron chi connectivity index (χ1n) is 3.83. The lowest BCUT2D eigenvalue weighted by Crippen LogP contribution is -2.27. The molecule has 3 heteroatoms. The third-order valence-corrected chi connectivity index (χ3v) is 1.70. The Morgan fingerprint density at radius 2 is 2.64 bits per heavy atom. The van der Waals surface area contributed by atoms with Crippen LogP contribution in [0.1, 0.15) is 19.3 Å². The molecular formula is C8H13N3. The molecule has 0 aromatic heterocycles. The van der Waals surface area contributed by atoms with Crippen molar-refractivity contribution in [3.8, 4) is 12.3 Å². The number of unbranched alkanes of at least 4 members (excludes halogenated alkanes) is 1. The highest BCUT2D eigenvalue weighted by atomic mass is 15.2. The van der Waals surface area contributed by atoms with Crippen LogP contribution in [0.4, 0.5) is 0 Å². The monoisotopic (exact) mass is 151 g/mol. The summed E-state index contributed by atoms with van der Waals surface area (Å²) in [5.74, 6) is 3.17. The van der Waals surface area contributed by atoms with Gasteiger partial charge in [0.2, 0.25) is 0 Å². The van der Waals surface area contributed by atoms with Crippen LogP contribution >= 0.6 is 0 Å². The standard InChI is InChI=1S/C8H13N3/c1-2-3-4-5-7-6-10-8(9)11-7/h1,7H,3-6H2,(H3,9,10,11). The average Bonchev–Trinajstić information content (AvgIpc) is 2.37. The Balaban J connectivity index is 2.14. The molecule has 0 aromatic rings. The van der Waals surface area contributed by atoms with Crippen molar-refractivity contribution in [1.82, 2.24) is 5.32 Å². The van der Waals surface area contributed by atoms with Gasteiger partial charge in [-0.3, -0.25) is 0 Å². The molecule has 3 nitrogen and oxygen atoms in total. The number of nitrogens with one attached hydrogen (secondary N) is 1. The SMILES string of the molecule is C#CCCCC1CNC(N)=N1. The van der Waals surface area contributed by atoms with Crippen molar-refractivity contribution in [3.05, 3.63) is 0 Å². The van der Waals surface area contributed by atoms with Crippen molar-refractivity contribution in [2.45, 2.75) is 25.3 Å². The van der Waals surface area contributed by atoms with Gasteiger partial charge in [-0.15, -0.1) is 12.3 Å². The van der Waals surface area contributed by atoms with E-state index in [0.29, 0.717) is 12.0 Å². The largest absolute Gasteiger partial charge is 0.370 e. The van der Waals surface area contributed by atoms with Crippen LogP contribution in [0.2, 0.25) is 0 Å². The Bertz CT molecular complexity index is 190. The summed E-state index contributed by atoms with van der Waals surface area (Å²) in [6, 6.07) is 0.350. The molecule has 0 spiro atoms. The topological polar surface area (TPSA) is 50.4 Å². The lowest BCUT2D eigenvalue weighted by Gasteiger charge is -2.01. The number of hydrogen-bond acceptors (Lipinski definition) is 3. The zero-order chi connectivity index (χ0) is 8.10. The van der Waals surface area contributed by atoms with E-state index in [4.69, 9.17) is 12.2 Å². The summed E-state index contributed by atoms with van der Waals surface area (Å²) in [4.78, 5) is 4.18. The highest BCUT2D eigenvalue weighted by Gasteiger charge is 2.12. The van der Waals surface area contributed by atoms with Crippen LogP contribution < -0.4 is 11.1 Å². The second-order valence-electron chi connectivity index (χ2n) is 2.65. The Labute approximate surface area is 67.1 Å². The van der Waals surface area contributed by atoms with E-state index < -0.39 is 0 Å². The van der Waals surface area contributed by atoms with Gasteiger partial charge in [0.25, 0.3) is 0 Å². The summed E-state index contributed by atoms with van der Waals surface area (Å²) >= 11 is 0. The fourth-order valence-electron chi connectivity index (χ4n) is 1.12. The first kappa shape index (κ1) is 7.93. The molecule has 0 aromatic carbocycles. The second kappa shape index (κ2) is 3.87. The molecule has 1 unspecified atom stereocenters. The summed E-state index contributed by atoms with van der Waals surface area (Å²) < 4.78 is 0. The maximum absolute atomic E-state index is 5.43. The van der Waals surface area contributed by atoms with E-state index in [1.165, 1.54) is 0 Å². The first-order valence-corrected chi connectivity index (χ1v) is 3.83. The fraction of sp³-hybridized carbons (Fsp3) is 0.625. The predicted octanol–water partition coefficient (Wildman–Crippen LogP) is 0.0764. The Hall–Kier alpha value is -1.17. The van der Waals surface area contributed by atoms with Gasteiger partial charge in [-0.05, 0) is 12.8 Å². The van der Waals surface area contributed by atoms with Crippen LogP contribution in [-0.4, -0.2) is 18.5 Å². The van der Waals surface area contributed by atoms with Crippen molar-refractivity contribution in [2.75, 3.05) is 6.54 Å². The maximum atomic E-state index is 5.43.